The van der Waals surface area contributed by atoms with Gasteiger partial charge in [0.2, 0.25) is 0 Å². The van der Waals surface area contributed by atoms with Crippen LogP contribution in [0.5, 0.6) is 5.75 Å². The number of nitrogens with two attached hydrogens (primary N) is 1. The third-order valence-electron chi connectivity index (χ3n) is 3.00. The van der Waals surface area contributed by atoms with E-state index in [4.69, 9.17) is 10.5 Å². The van der Waals surface area contributed by atoms with Crippen LogP contribution in [0.2, 0.25) is 0 Å². The van der Waals surface area contributed by atoms with E-state index in [1.165, 1.54) is 11.8 Å². The first-order valence-electron chi connectivity index (χ1n) is 6.13. The second-order valence-corrected chi connectivity index (χ2v) is 4.23. The van der Waals surface area contributed by atoms with Gasteiger partial charge in [-0.3, -0.25) is 9.59 Å². The van der Waals surface area contributed by atoms with Crippen molar-refractivity contribution in [1.82, 2.24) is 9.78 Å². The molecule has 2 rings (SSSR count). The molecule has 21 heavy (non-hydrogen) atoms. The zero-order valence-electron chi connectivity index (χ0n) is 11.7. The highest BCUT2D eigenvalue weighted by Crippen LogP contribution is 2.28. The topological polar surface area (TPSA) is 96.4 Å². The molecular formula is C14H15N3O4. The molecule has 0 aliphatic heterocycles. The number of carbonyl (C=O) groups is 2. The molecule has 0 amide bonds. The lowest BCUT2D eigenvalue weighted by molar-refractivity contribution is -0.141. The number of nitrogens with zero attached hydrogens (tertiary/aromatic N) is 2. The maximum absolute atomic E-state index is 11.3. The van der Waals surface area contributed by atoms with Gasteiger partial charge in [0.05, 0.1) is 19.8 Å². The van der Waals surface area contributed by atoms with Crippen molar-refractivity contribution in [3.8, 4) is 17.0 Å². The van der Waals surface area contributed by atoms with Crippen LogP contribution in [0, 0.1) is 0 Å². The second kappa shape index (κ2) is 6.08. The molecule has 1 aromatic heterocycles. The van der Waals surface area contributed by atoms with Crippen LogP contribution in [0.1, 0.15) is 10.4 Å². The van der Waals surface area contributed by atoms with E-state index in [9.17, 15) is 9.59 Å². The van der Waals surface area contributed by atoms with Crippen LogP contribution in [0.25, 0.3) is 11.3 Å². The van der Waals surface area contributed by atoms with E-state index in [2.05, 4.69) is 9.84 Å². The average Bonchev–Trinajstić information content (AvgIpc) is 2.83. The maximum Gasteiger partial charge on any atom is 0.327 e. The standard InChI is InChI=1S/C14H15N3O4/c1-20-10-5-3-4-9(6-10)13-11(8-18)14(15)17(16-13)7-12(19)21-2/h3-6,8H,7,15H2,1-2H3. The molecular weight excluding hydrogens is 274 g/mol. The number of methoxy groups -OCH3 is 2. The molecule has 0 unspecified atom stereocenters. The zero-order valence-corrected chi connectivity index (χ0v) is 11.7. The summed E-state index contributed by atoms with van der Waals surface area (Å²) in [5.41, 5.74) is 7.15. The number of ether oxygens (including phenoxy) is 2. The predicted octanol–water partition coefficient (Wildman–Crippen LogP) is 1.13. The summed E-state index contributed by atoms with van der Waals surface area (Å²) in [7, 11) is 2.82. The second-order valence-electron chi connectivity index (χ2n) is 4.23. The normalized spacial score (nSPS) is 10.2. The van der Waals surface area contributed by atoms with Crippen molar-refractivity contribution in [2.24, 2.45) is 0 Å². The summed E-state index contributed by atoms with van der Waals surface area (Å²) in [4.78, 5) is 22.6. The Bertz CT molecular complexity index is 679. The highest BCUT2D eigenvalue weighted by atomic mass is 16.5. The summed E-state index contributed by atoms with van der Waals surface area (Å²) in [6.07, 6.45) is 0.616. The van der Waals surface area contributed by atoms with Crippen molar-refractivity contribution < 1.29 is 19.1 Å². The van der Waals surface area contributed by atoms with Crippen LogP contribution in [0.3, 0.4) is 0 Å². The maximum atomic E-state index is 11.3. The van der Waals surface area contributed by atoms with Gasteiger partial charge in [0, 0.05) is 5.56 Å². The van der Waals surface area contributed by atoms with Gasteiger partial charge >= 0.3 is 5.97 Å². The highest BCUT2D eigenvalue weighted by Gasteiger charge is 2.18. The average molecular weight is 289 g/mol. The molecule has 2 aromatic rings. The van der Waals surface area contributed by atoms with Crippen LogP contribution < -0.4 is 10.5 Å². The van der Waals surface area contributed by atoms with E-state index in [0.29, 0.717) is 23.3 Å². The molecule has 0 saturated carbocycles. The summed E-state index contributed by atoms with van der Waals surface area (Å²) in [6.45, 7) is -0.160. The van der Waals surface area contributed by atoms with E-state index in [0.717, 1.165) is 0 Å². The summed E-state index contributed by atoms with van der Waals surface area (Å²) < 4.78 is 11.0. The van der Waals surface area contributed by atoms with Gasteiger partial charge in [0.25, 0.3) is 0 Å². The number of nitrogen functional groups attached to an aromatic ring is 1. The van der Waals surface area contributed by atoms with Gasteiger partial charge in [-0.2, -0.15) is 5.10 Å². The Balaban J connectivity index is 2.50. The summed E-state index contributed by atoms with van der Waals surface area (Å²) in [5, 5.41) is 4.22. The van der Waals surface area contributed by atoms with E-state index in [1.807, 2.05) is 0 Å². The van der Waals surface area contributed by atoms with Gasteiger partial charge in [-0.1, -0.05) is 12.1 Å². The summed E-state index contributed by atoms with van der Waals surface area (Å²) in [5.74, 6) is 0.248. The molecule has 0 radical (unpaired) electrons. The fraction of sp³-hybridized carbons (Fsp3) is 0.214. The van der Waals surface area contributed by atoms with Crippen molar-refractivity contribution in [2.45, 2.75) is 6.54 Å². The molecule has 0 fully saturated rings. The fourth-order valence-corrected chi connectivity index (χ4v) is 1.90. The highest BCUT2D eigenvalue weighted by molar-refractivity contribution is 5.92. The lowest BCUT2D eigenvalue weighted by Gasteiger charge is -2.02. The Morgan fingerprint density at radius 3 is 2.81 bits per heavy atom. The monoisotopic (exact) mass is 289 g/mol. The molecule has 0 spiro atoms. The van der Waals surface area contributed by atoms with Gasteiger partial charge in [0.1, 0.15) is 23.8 Å². The van der Waals surface area contributed by atoms with Crippen molar-refractivity contribution in [3.05, 3.63) is 29.8 Å². The number of benzene rings is 1. The number of hydrogen-bond donors (Lipinski definition) is 1. The van der Waals surface area contributed by atoms with E-state index in [1.54, 1.807) is 31.4 Å². The lowest BCUT2D eigenvalue weighted by atomic mass is 10.1. The quantitative estimate of drug-likeness (QED) is 0.654. The molecule has 0 saturated heterocycles. The van der Waals surface area contributed by atoms with E-state index < -0.39 is 5.97 Å². The van der Waals surface area contributed by atoms with Gasteiger partial charge in [-0.25, -0.2) is 4.68 Å². The van der Waals surface area contributed by atoms with Crippen LogP contribution >= 0.6 is 0 Å². The van der Waals surface area contributed by atoms with Crippen LogP contribution in [0.15, 0.2) is 24.3 Å². The van der Waals surface area contributed by atoms with Gasteiger partial charge in [-0.15, -0.1) is 0 Å². The molecule has 0 bridgehead atoms. The number of aldehydes is 1. The Morgan fingerprint density at radius 2 is 2.19 bits per heavy atom. The Labute approximate surface area is 121 Å². The van der Waals surface area contributed by atoms with Gasteiger partial charge in [-0.05, 0) is 12.1 Å². The SMILES string of the molecule is COC(=O)Cn1nc(-c2cccc(OC)c2)c(C=O)c1N. The first-order chi connectivity index (χ1) is 10.1. The zero-order chi connectivity index (χ0) is 15.4. The molecule has 110 valence electrons. The number of hydrogen-bond acceptors (Lipinski definition) is 6. The van der Waals surface area contributed by atoms with Gasteiger partial charge < -0.3 is 15.2 Å². The third-order valence-corrected chi connectivity index (χ3v) is 3.00. The Kier molecular flexibility index (Phi) is 4.22. The molecule has 0 aliphatic rings. The van der Waals surface area contributed by atoms with Crippen molar-refractivity contribution in [2.75, 3.05) is 20.0 Å². The van der Waals surface area contributed by atoms with Crippen LogP contribution in [-0.2, 0) is 16.1 Å². The minimum Gasteiger partial charge on any atom is -0.497 e. The smallest absolute Gasteiger partial charge is 0.327 e. The van der Waals surface area contributed by atoms with Crippen molar-refractivity contribution in [3.63, 3.8) is 0 Å². The minimum absolute atomic E-state index is 0.119. The largest absolute Gasteiger partial charge is 0.497 e. The number of carbonyl (C=O) groups excluding carboxylic acids is 2. The molecule has 1 aromatic carbocycles. The van der Waals surface area contributed by atoms with E-state index in [-0.39, 0.29) is 17.9 Å². The molecule has 1 heterocycles. The van der Waals surface area contributed by atoms with Crippen LogP contribution in [0.4, 0.5) is 5.82 Å². The first-order valence-corrected chi connectivity index (χ1v) is 6.13. The number of aromatic nitrogens is 2. The molecule has 7 nitrogen and oxygen atoms in total. The molecule has 0 atom stereocenters. The molecule has 2 N–H and O–H groups in total. The number of esters is 1. The number of anilines is 1. The summed E-state index contributed by atoms with van der Waals surface area (Å²) in [6, 6.07) is 7.06. The number of rotatable bonds is 5. The van der Waals surface area contributed by atoms with Crippen molar-refractivity contribution in [1.29, 1.82) is 0 Å². The Hall–Kier alpha value is -2.83. The third kappa shape index (κ3) is 2.86. The van der Waals surface area contributed by atoms with Gasteiger partial charge in [0.15, 0.2) is 6.29 Å². The fourth-order valence-electron chi connectivity index (χ4n) is 1.90. The first kappa shape index (κ1) is 14.6. The van der Waals surface area contributed by atoms with Crippen molar-refractivity contribution >= 4 is 18.1 Å². The predicted molar refractivity (Wildman–Crippen MR) is 76.0 cm³/mol. The Morgan fingerprint density at radius 1 is 1.43 bits per heavy atom. The molecule has 0 aliphatic carbocycles. The summed E-state index contributed by atoms with van der Waals surface area (Å²) >= 11 is 0. The molecule has 7 heteroatoms. The minimum atomic E-state index is -0.501. The van der Waals surface area contributed by atoms with Crippen LogP contribution in [-0.4, -0.2) is 36.3 Å². The lowest BCUT2D eigenvalue weighted by Crippen LogP contribution is -2.14. The van der Waals surface area contributed by atoms with E-state index >= 15 is 0 Å².